The molecule has 12 heavy (non-hydrogen) atoms. The van der Waals surface area contributed by atoms with Crippen LogP contribution in [0.25, 0.3) is 0 Å². The normalized spacial score (nSPS) is 20.1. The number of hydrogen-bond donors (Lipinski definition) is 1. The van der Waals surface area contributed by atoms with Crippen LogP contribution in [0, 0.1) is 11.8 Å². The molecule has 0 aromatic heterocycles. The van der Waals surface area contributed by atoms with Crippen molar-refractivity contribution >= 4 is 0 Å². The number of hydrogen-bond acceptors (Lipinski definition) is 1. The molecule has 0 aromatic rings. The lowest BCUT2D eigenvalue weighted by Gasteiger charge is -2.21. The first kappa shape index (κ1) is 11.4. The molecule has 0 bridgehead atoms. The average Bonchev–Trinajstić information content (AvgIpc) is 2.03. The van der Waals surface area contributed by atoms with Crippen LogP contribution in [0.4, 0.5) is 0 Å². The van der Waals surface area contributed by atoms with Gasteiger partial charge in [0, 0.05) is 6.04 Å². The summed E-state index contributed by atoms with van der Waals surface area (Å²) in [6.45, 7) is 8.34. The molecular formula is C11H21N. The van der Waals surface area contributed by atoms with Crippen molar-refractivity contribution in [3.8, 4) is 0 Å². The Morgan fingerprint density at radius 2 is 1.42 bits per heavy atom. The first-order valence-electron chi connectivity index (χ1n) is 4.64. The molecule has 0 aromatic carbocycles. The molecule has 0 spiro atoms. The van der Waals surface area contributed by atoms with Gasteiger partial charge in [-0.25, -0.2) is 0 Å². The molecule has 0 saturated heterocycles. The fourth-order valence-electron chi connectivity index (χ4n) is 1.21. The third-order valence-corrected chi connectivity index (χ3v) is 2.27. The SMILES string of the molecule is CC=CC(C=CC)C(C)C(C)N. The zero-order valence-corrected chi connectivity index (χ0v) is 8.62. The number of allylic oxidation sites excluding steroid dienone is 4. The lowest BCUT2D eigenvalue weighted by Crippen LogP contribution is -2.28. The predicted molar refractivity (Wildman–Crippen MR) is 55.9 cm³/mol. The van der Waals surface area contributed by atoms with Gasteiger partial charge in [0.15, 0.2) is 0 Å². The van der Waals surface area contributed by atoms with Crippen molar-refractivity contribution in [2.75, 3.05) is 0 Å². The van der Waals surface area contributed by atoms with E-state index in [2.05, 4.69) is 38.2 Å². The van der Waals surface area contributed by atoms with E-state index in [0.29, 0.717) is 11.8 Å². The summed E-state index contributed by atoms with van der Waals surface area (Å²) in [5, 5.41) is 0. The molecule has 0 radical (unpaired) electrons. The summed E-state index contributed by atoms with van der Waals surface area (Å²) < 4.78 is 0. The Kier molecular flexibility index (Phi) is 5.73. The van der Waals surface area contributed by atoms with E-state index in [-0.39, 0.29) is 6.04 Å². The van der Waals surface area contributed by atoms with Gasteiger partial charge in [-0.2, -0.15) is 0 Å². The highest BCUT2D eigenvalue weighted by molar-refractivity contribution is 5.02. The van der Waals surface area contributed by atoms with Crippen molar-refractivity contribution in [3.05, 3.63) is 24.3 Å². The van der Waals surface area contributed by atoms with Crippen molar-refractivity contribution in [1.82, 2.24) is 0 Å². The zero-order chi connectivity index (χ0) is 9.56. The van der Waals surface area contributed by atoms with Crippen LogP contribution in [-0.4, -0.2) is 6.04 Å². The van der Waals surface area contributed by atoms with E-state index in [4.69, 9.17) is 5.73 Å². The maximum Gasteiger partial charge on any atom is 0.00447 e. The van der Waals surface area contributed by atoms with Gasteiger partial charge in [-0.15, -0.1) is 0 Å². The highest BCUT2D eigenvalue weighted by Gasteiger charge is 2.14. The molecular weight excluding hydrogens is 146 g/mol. The average molecular weight is 167 g/mol. The van der Waals surface area contributed by atoms with Crippen LogP contribution in [0.2, 0.25) is 0 Å². The van der Waals surface area contributed by atoms with Gasteiger partial charge in [0.2, 0.25) is 0 Å². The Bertz CT molecular complexity index is 144. The predicted octanol–water partition coefficient (Wildman–Crippen LogP) is 2.74. The maximum atomic E-state index is 5.83. The monoisotopic (exact) mass is 167 g/mol. The minimum atomic E-state index is 0.252. The third kappa shape index (κ3) is 3.72. The lowest BCUT2D eigenvalue weighted by atomic mass is 9.88. The van der Waals surface area contributed by atoms with Crippen molar-refractivity contribution in [2.24, 2.45) is 17.6 Å². The summed E-state index contributed by atoms with van der Waals surface area (Å²) in [7, 11) is 0. The summed E-state index contributed by atoms with van der Waals surface area (Å²) in [6.07, 6.45) is 8.58. The van der Waals surface area contributed by atoms with E-state index >= 15 is 0 Å². The molecule has 0 heterocycles. The van der Waals surface area contributed by atoms with Gasteiger partial charge in [-0.05, 0) is 32.6 Å². The Balaban J connectivity index is 4.28. The maximum absolute atomic E-state index is 5.83. The molecule has 0 rings (SSSR count). The van der Waals surface area contributed by atoms with Crippen molar-refractivity contribution in [2.45, 2.75) is 33.7 Å². The largest absolute Gasteiger partial charge is 0.328 e. The molecule has 0 amide bonds. The lowest BCUT2D eigenvalue weighted by molar-refractivity contribution is 0.422. The van der Waals surface area contributed by atoms with Crippen molar-refractivity contribution in [1.29, 1.82) is 0 Å². The summed E-state index contributed by atoms with van der Waals surface area (Å²) in [5.41, 5.74) is 5.83. The van der Waals surface area contributed by atoms with Gasteiger partial charge < -0.3 is 5.73 Å². The molecule has 2 unspecified atom stereocenters. The number of rotatable bonds is 4. The molecule has 0 aliphatic heterocycles. The molecule has 2 atom stereocenters. The fraction of sp³-hybridized carbons (Fsp3) is 0.636. The molecule has 0 fully saturated rings. The molecule has 1 nitrogen and oxygen atoms in total. The third-order valence-electron chi connectivity index (χ3n) is 2.27. The topological polar surface area (TPSA) is 26.0 Å². The van der Waals surface area contributed by atoms with E-state index in [0.717, 1.165) is 0 Å². The smallest absolute Gasteiger partial charge is 0.00447 e. The highest BCUT2D eigenvalue weighted by Crippen LogP contribution is 2.17. The van der Waals surface area contributed by atoms with Crippen LogP contribution >= 0.6 is 0 Å². The Morgan fingerprint density at radius 3 is 1.67 bits per heavy atom. The van der Waals surface area contributed by atoms with Crippen LogP contribution in [-0.2, 0) is 0 Å². The van der Waals surface area contributed by atoms with E-state index in [1.54, 1.807) is 0 Å². The van der Waals surface area contributed by atoms with E-state index < -0.39 is 0 Å². The van der Waals surface area contributed by atoms with Crippen molar-refractivity contribution in [3.63, 3.8) is 0 Å². The Labute approximate surface area is 76.3 Å². The number of nitrogens with two attached hydrogens (primary N) is 1. The highest BCUT2D eigenvalue weighted by atomic mass is 14.6. The second-order valence-electron chi connectivity index (χ2n) is 3.35. The van der Waals surface area contributed by atoms with E-state index in [1.807, 2.05) is 13.8 Å². The minimum Gasteiger partial charge on any atom is -0.328 e. The van der Waals surface area contributed by atoms with Crippen LogP contribution < -0.4 is 5.73 Å². The first-order chi connectivity index (χ1) is 5.63. The second-order valence-corrected chi connectivity index (χ2v) is 3.35. The summed E-state index contributed by atoms with van der Waals surface area (Å²) in [4.78, 5) is 0. The summed E-state index contributed by atoms with van der Waals surface area (Å²) >= 11 is 0. The van der Waals surface area contributed by atoms with Gasteiger partial charge in [-0.1, -0.05) is 31.2 Å². The molecule has 0 aliphatic rings. The second kappa shape index (κ2) is 6.01. The van der Waals surface area contributed by atoms with Crippen molar-refractivity contribution < 1.29 is 0 Å². The minimum absolute atomic E-state index is 0.252. The quantitative estimate of drug-likeness (QED) is 0.640. The Morgan fingerprint density at radius 1 is 1.00 bits per heavy atom. The van der Waals surface area contributed by atoms with Crippen LogP contribution in [0.5, 0.6) is 0 Å². The van der Waals surface area contributed by atoms with Gasteiger partial charge in [-0.3, -0.25) is 0 Å². The van der Waals surface area contributed by atoms with E-state index in [1.165, 1.54) is 0 Å². The molecule has 1 heteroatoms. The van der Waals surface area contributed by atoms with Gasteiger partial charge in [0.1, 0.15) is 0 Å². The van der Waals surface area contributed by atoms with Gasteiger partial charge in [0.25, 0.3) is 0 Å². The van der Waals surface area contributed by atoms with Gasteiger partial charge in [0.05, 0.1) is 0 Å². The standard InChI is InChI=1S/C11H21N/c1-5-7-11(8-6-2)9(3)10(4)12/h5-11H,12H2,1-4H3. The molecule has 0 aliphatic carbocycles. The van der Waals surface area contributed by atoms with Gasteiger partial charge >= 0.3 is 0 Å². The molecule has 0 saturated carbocycles. The van der Waals surface area contributed by atoms with Crippen LogP contribution in [0.15, 0.2) is 24.3 Å². The fourth-order valence-corrected chi connectivity index (χ4v) is 1.21. The molecule has 2 N–H and O–H groups in total. The summed E-state index contributed by atoms with van der Waals surface area (Å²) in [6, 6.07) is 0.252. The first-order valence-corrected chi connectivity index (χ1v) is 4.64. The Hall–Kier alpha value is -0.560. The van der Waals surface area contributed by atoms with Crippen LogP contribution in [0.1, 0.15) is 27.7 Å². The van der Waals surface area contributed by atoms with E-state index in [9.17, 15) is 0 Å². The summed E-state index contributed by atoms with van der Waals surface area (Å²) in [5.74, 6) is 0.998. The van der Waals surface area contributed by atoms with Crippen LogP contribution in [0.3, 0.4) is 0 Å². The molecule has 70 valence electrons. The zero-order valence-electron chi connectivity index (χ0n) is 8.62.